The fourth-order valence-corrected chi connectivity index (χ4v) is 4.82. The lowest BCUT2D eigenvalue weighted by atomic mass is 9.97. The van der Waals surface area contributed by atoms with Crippen molar-refractivity contribution in [3.63, 3.8) is 0 Å². The molecule has 0 unspecified atom stereocenters. The number of aromatic nitrogens is 3. The van der Waals surface area contributed by atoms with Crippen LogP contribution in [0.3, 0.4) is 0 Å². The number of nitrogens with one attached hydrogen (secondary N) is 1. The van der Waals surface area contributed by atoms with Gasteiger partial charge in [-0.25, -0.2) is 4.39 Å². The minimum Gasteiger partial charge on any atom is -0.376 e. The summed E-state index contributed by atoms with van der Waals surface area (Å²) in [5.41, 5.74) is 2.25. The fourth-order valence-electron chi connectivity index (χ4n) is 4.04. The van der Waals surface area contributed by atoms with Crippen molar-refractivity contribution in [2.75, 3.05) is 18.9 Å². The fraction of sp³-hybridized carbons (Fsp3) is 0.522. The van der Waals surface area contributed by atoms with Gasteiger partial charge in [0.25, 0.3) is 0 Å². The van der Waals surface area contributed by atoms with Crippen molar-refractivity contribution in [1.82, 2.24) is 20.1 Å². The van der Waals surface area contributed by atoms with Crippen LogP contribution in [0.5, 0.6) is 0 Å². The number of carbonyl (C=O) groups is 1. The normalized spacial score (nSPS) is 18.7. The third-order valence-corrected chi connectivity index (χ3v) is 6.68. The van der Waals surface area contributed by atoms with Crippen molar-refractivity contribution >= 4 is 17.7 Å². The smallest absolute Gasteiger partial charge is 0.230 e. The molecule has 1 aliphatic carbocycles. The SMILES string of the molecule is O=C(CSc1nnc(-c2ccc(F)cc2)n1C[C@H]1CCCO1)NCCC1=CCCCC1. The second-order valence-electron chi connectivity index (χ2n) is 8.06. The number of halogens is 1. The minimum absolute atomic E-state index is 0.00333. The van der Waals surface area contributed by atoms with E-state index in [2.05, 4.69) is 21.6 Å². The number of allylic oxidation sites excluding steroid dienone is 1. The summed E-state index contributed by atoms with van der Waals surface area (Å²) in [5.74, 6) is 0.662. The van der Waals surface area contributed by atoms with Crippen LogP contribution in [0, 0.1) is 5.82 Å². The summed E-state index contributed by atoms with van der Waals surface area (Å²) in [5, 5.41) is 12.3. The molecule has 0 saturated carbocycles. The van der Waals surface area contributed by atoms with E-state index in [1.54, 1.807) is 12.1 Å². The Morgan fingerprint density at radius 2 is 2.10 bits per heavy atom. The van der Waals surface area contributed by atoms with E-state index in [0.29, 0.717) is 24.1 Å². The number of hydrogen-bond acceptors (Lipinski definition) is 5. The first-order valence-corrected chi connectivity index (χ1v) is 12.1. The van der Waals surface area contributed by atoms with E-state index in [4.69, 9.17) is 4.74 Å². The molecule has 1 atom stereocenters. The highest BCUT2D eigenvalue weighted by molar-refractivity contribution is 7.99. The summed E-state index contributed by atoms with van der Waals surface area (Å²) in [6, 6.07) is 6.24. The Kier molecular flexibility index (Phi) is 7.75. The first-order valence-electron chi connectivity index (χ1n) is 11.1. The lowest BCUT2D eigenvalue weighted by molar-refractivity contribution is -0.118. The van der Waals surface area contributed by atoms with Crippen LogP contribution in [0.4, 0.5) is 4.39 Å². The molecular weight excluding hydrogens is 415 g/mol. The van der Waals surface area contributed by atoms with Gasteiger partial charge in [0.05, 0.1) is 18.4 Å². The van der Waals surface area contributed by atoms with E-state index in [1.165, 1.54) is 42.3 Å². The maximum atomic E-state index is 13.4. The number of ether oxygens (including phenoxy) is 1. The lowest BCUT2D eigenvalue weighted by Crippen LogP contribution is -2.26. The third kappa shape index (κ3) is 6.17. The molecule has 1 fully saturated rings. The molecule has 0 bridgehead atoms. The molecule has 166 valence electrons. The molecule has 1 amide bonds. The topological polar surface area (TPSA) is 69.0 Å². The van der Waals surface area contributed by atoms with E-state index >= 15 is 0 Å². The van der Waals surface area contributed by atoms with Crippen LogP contribution in [-0.4, -0.2) is 45.7 Å². The molecule has 4 rings (SSSR count). The van der Waals surface area contributed by atoms with Gasteiger partial charge in [0.15, 0.2) is 11.0 Å². The van der Waals surface area contributed by atoms with Crippen molar-refractivity contribution in [1.29, 1.82) is 0 Å². The Morgan fingerprint density at radius 3 is 2.84 bits per heavy atom. The molecule has 2 aliphatic rings. The van der Waals surface area contributed by atoms with Crippen LogP contribution < -0.4 is 5.32 Å². The maximum absolute atomic E-state index is 13.4. The molecule has 8 heteroatoms. The third-order valence-electron chi connectivity index (χ3n) is 5.72. The molecule has 1 saturated heterocycles. The Bertz CT molecular complexity index is 907. The van der Waals surface area contributed by atoms with Crippen LogP contribution in [0.25, 0.3) is 11.4 Å². The first-order chi connectivity index (χ1) is 15.2. The average Bonchev–Trinajstić information content (AvgIpc) is 3.44. The summed E-state index contributed by atoms with van der Waals surface area (Å²) in [6.45, 7) is 2.06. The summed E-state index contributed by atoms with van der Waals surface area (Å²) >= 11 is 1.38. The molecule has 6 nitrogen and oxygen atoms in total. The minimum atomic E-state index is -0.288. The monoisotopic (exact) mass is 444 g/mol. The van der Waals surface area contributed by atoms with Crippen LogP contribution in [0.2, 0.25) is 0 Å². The van der Waals surface area contributed by atoms with Gasteiger partial charge in [0, 0.05) is 18.7 Å². The van der Waals surface area contributed by atoms with Crippen LogP contribution in [0.1, 0.15) is 44.9 Å². The maximum Gasteiger partial charge on any atom is 0.230 e. The Hall–Kier alpha value is -2.19. The number of nitrogens with zero attached hydrogens (tertiary/aromatic N) is 3. The van der Waals surface area contributed by atoms with Gasteiger partial charge in [0.2, 0.25) is 5.91 Å². The Balaban J connectivity index is 1.37. The number of thioether (sulfide) groups is 1. The highest BCUT2D eigenvalue weighted by Crippen LogP contribution is 2.27. The molecule has 0 radical (unpaired) electrons. The van der Waals surface area contributed by atoms with E-state index in [1.807, 2.05) is 4.57 Å². The van der Waals surface area contributed by atoms with E-state index < -0.39 is 0 Å². The van der Waals surface area contributed by atoms with E-state index in [0.717, 1.165) is 44.3 Å². The standard InChI is InChI=1S/C23H29FN4O2S/c24-19-10-8-18(9-11-19)22-26-27-23(28(22)15-20-7-4-14-30-20)31-16-21(29)25-13-12-17-5-2-1-3-6-17/h5,8-11,20H,1-4,6-7,12-16H2,(H,25,29)/t20-/m1/s1. The van der Waals surface area contributed by atoms with Gasteiger partial charge in [-0.15, -0.1) is 10.2 Å². The number of benzene rings is 1. The molecule has 1 aromatic carbocycles. The van der Waals surface area contributed by atoms with Crippen molar-refractivity contribution in [3.8, 4) is 11.4 Å². The van der Waals surface area contributed by atoms with Crippen molar-refractivity contribution in [3.05, 3.63) is 41.7 Å². The van der Waals surface area contributed by atoms with Crippen molar-refractivity contribution in [2.45, 2.75) is 62.8 Å². The van der Waals surface area contributed by atoms with E-state index in [-0.39, 0.29) is 23.6 Å². The molecule has 1 aromatic heterocycles. The van der Waals surface area contributed by atoms with Crippen LogP contribution in [0.15, 0.2) is 41.1 Å². The molecule has 1 aliphatic heterocycles. The number of carbonyl (C=O) groups excluding carboxylic acids is 1. The molecule has 2 heterocycles. The molecule has 1 N–H and O–H groups in total. The zero-order chi connectivity index (χ0) is 21.5. The van der Waals surface area contributed by atoms with Gasteiger partial charge in [-0.05, 0) is 69.2 Å². The molecule has 31 heavy (non-hydrogen) atoms. The average molecular weight is 445 g/mol. The zero-order valence-electron chi connectivity index (χ0n) is 17.7. The van der Waals surface area contributed by atoms with Gasteiger partial charge in [-0.2, -0.15) is 0 Å². The van der Waals surface area contributed by atoms with Gasteiger partial charge in [-0.1, -0.05) is 23.4 Å². The van der Waals surface area contributed by atoms with Crippen LogP contribution >= 0.6 is 11.8 Å². The van der Waals surface area contributed by atoms with Crippen molar-refractivity contribution < 1.29 is 13.9 Å². The van der Waals surface area contributed by atoms with Gasteiger partial charge < -0.3 is 10.1 Å². The Morgan fingerprint density at radius 1 is 1.23 bits per heavy atom. The molecular formula is C23H29FN4O2S. The largest absolute Gasteiger partial charge is 0.376 e. The number of rotatable bonds is 9. The van der Waals surface area contributed by atoms with Gasteiger partial charge >= 0.3 is 0 Å². The summed E-state index contributed by atoms with van der Waals surface area (Å²) < 4.78 is 21.1. The number of hydrogen-bond donors (Lipinski definition) is 1. The highest BCUT2D eigenvalue weighted by Gasteiger charge is 2.22. The second-order valence-corrected chi connectivity index (χ2v) is 9.00. The molecule has 0 spiro atoms. The van der Waals surface area contributed by atoms with Gasteiger partial charge in [-0.3, -0.25) is 9.36 Å². The van der Waals surface area contributed by atoms with Gasteiger partial charge in [0.1, 0.15) is 5.82 Å². The van der Waals surface area contributed by atoms with E-state index in [9.17, 15) is 9.18 Å². The highest BCUT2D eigenvalue weighted by atomic mass is 32.2. The quantitative estimate of drug-likeness (QED) is 0.460. The summed E-state index contributed by atoms with van der Waals surface area (Å²) in [6.07, 6.45) is 10.2. The second kappa shape index (κ2) is 10.9. The summed E-state index contributed by atoms with van der Waals surface area (Å²) in [7, 11) is 0. The number of amides is 1. The predicted molar refractivity (Wildman–Crippen MR) is 119 cm³/mol. The van der Waals surface area contributed by atoms with Crippen LogP contribution in [-0.2, 0) is 16.1 Å². The zero-order valence-corrected chi connectivity index (χ0v) is 18.5. The lowest BCUT2D eigenvalue weighted by Gasteiger charge is -2.15. The predicted octanol–water partition coefficient (Wildman–Crippen LogP) is 4.36. The molecule has 2 aromatic rings. The first kappa shape index (κ1) is 22.0. The Labute approximate surface area is 186 Å². The summed E-state index contributed by atoms with van der Waals surface area (Å²) in [4.78, 5) is 12.4. The van der Waals surface area contributed by atoms with Crippen molar-refractivity contribution in [2.24, 2.45) is 0 Å².